The molecule has 26 heavy (non-hydrogen) atoms. The van der Waals surface area contributed by atoms with Gasteiger partial charge in [-0.05, 0) is 50.2 Å². The minimum atomic E-state index is -3.80. The SMILES string of the molecule is CC1(C)CC(NS(=O)(=O)c2cccc(C#N)c2)c2cc(N)ccc2O1.Cl. The Morgan fingerprint density at radius 2 is 2.00 bits per heavy atom. The Morgan fingerprint density at radius 1 is 1.27 bits per heavy atom. The molecule has 3 N–H and O–H groups in total. The van der Waals surface area contributed by atoms with Crippen molar-refractivity contribution >= 4 is 28.1 Å². The van der Waals surface area contributed by atoms with Crippen LogP contribution in [-0.2, 0) is 10.0 Å². The summed E-state index contributed by atoms with van der Waals surface area (Å²) < 4.78 is 34.2. The number of fused-ring (bicyclic) bond motifs is 1. The van der Waals surface area contributed by atoms with Gasteiger partial charge < -0.3 is 10.5 Å². The van der Waals surface area contributed by atoms with Crippen molar-refractivity contribution in [3.05, 3.63) is 53.6 Å². The second kappa shape index (κ2) is 7.16. The Hall–Kier alpha value is -2.27. The van der Waals surface area contributed by atoms with E-state index in [9.17, 15) is 8.42 Å². The molecule has 0 fully saturated rings. The van der Waals surface area contributed by atoms with Gasteiger partial charge in [0.2, 0.25) is 10.0 Å². The first-order valence-electron chi connectivity index (χ1n) is 7.81. The van der Waals surface area contributed by atoms with Crippen LogP contribution < -0.4 is 15.2 Å². The third-order valence-corrected chi connectivity index (χ3v) is 5.53. The number of benzene rings is 2. The lowest BCUT2D eigenvalue weighted by Crippen LogP contribution is -2.41. The second-order valence-corrected chi connectivity index (χ2v) is 8.39. The molecule has 1 atom stereocenters. The normalized spacial score (nSPS) is 18.0. The summed E-state index contributed by atoms with van der Waals surface area (Å²) in [6.07, 6.45) is 0.459. The number of halogens is 1. The topological polar surface area (TPSA) is 105 Å². The van der Waals surface area contributed by atoms with Gasteiger partial charge in [-0.15, -0.1) is 12.4 Å². The van der Waals surface area contributed by atoms with Crippen LogP contribution in [0.15, 0.2) is 47.4 Å². The van der Waals surface area contributed by atoms with Gasteiger partial charge in [0.15, 0.2) is 0 Å². The molecule has 8 heteroatoms. The molecule has 2 aromatic carbocycles. The maximum absolute atomic E-state index is 12.8. The van der Waals surface area contributed by atoms with Crippen molar-refractivity contribution in [2.24, 2.45) is 0 Å². The second-order valence-electron chi connectivity index (χ2n) is 6.68. The van der Waals surface area contributed by atoms with E-state index in [1.165, 1.54) is 12.1 Å². The first-order valence-corrected chi connectivity index (χ1v) is 9.29. The number of nitriles is 1. The molecule has 1 aliphatic rings. The molecule has 0 bridgehead atoms. The lowest BCUT2D eigenvalue weighted by molar-refractivity contribution is 0.0702. The van der Waals surface area contributed by atoms with Crippen molar-refractivity contribution in [2.45, 2.75) is 36.8 Å². The van der Waals surface area contributed by atoms with E-state index in [0.29, 0.717) is 29.0 Å². The lowest BCUT2D eigenvalue weighted by atomic mass is 9.90. The molecule has 3 rings (SSSR count). The van der Waals surface area contributed by atoms with Crippen LogP contribution in [0.4, 0.5) is 5.69 Å². The monoisotopic (exact) mass is 393 g/mol. The molecule has 138 valence electrons. The number of nitrogens with zero attached hydrogens (tertiary/aromatic N) is 1. The summed E-state index contributed by atoms with van der Waals surface area (Å²) in [6.45, 7) is 3.81. The molecule has 0 saturated heterocycles. The Kier molecular flexibility index (Phi) is 5.52. The zero-order valence-corrected chi connectivity index (χ0v) is 16.0. The van der Waals surface area contributed by atoms with Crippen molar-refractivity contribution in [1.29, 1.82) is 5.26 Å². The van der Waals surface area contributed by atoms with Crippen LogP contribution in [0.5, 0.6) is 5.75 Å². The van der Waals surface area contributed by atoms with Gasteiger partial charge in [-0.3, -0.25) is 0 Å². The van der Waals surface area contributed by atoms with Crippen LogP contribution in [0.3, 0.4) is 0 Å². The van der Waals surface area contributed by atoms with Crippen molar-refractivity contribution in [1.82, 2.24) is 4.72 Å². The van der Waals surface area contributed by atoms with Gasteiger partial charge in [0, 0.05) is 17.7 Å². The number of hydrogen-bond acceptors (Lipinski definition) is 5. The largest absolute Gasteiger partial charge is 0.487 e. The Labute approximate surface area is 159 Å². The molecular formula is C18H20ClN3O3S. The summed E-state index contributed by atoms with van der Waals surface area (Å²) in [5.41, 5.74) is 6.87. The Morgan fingerprint density at radius 3 is 2.69 bits per heavy atom. The van der Waals surface area contributed by atoms with E-state index in [1.54, 1.807) is 30.3 Å². The zero-order chi connectivity index (χ0) is 18.2. The first-order chi connectivity index (χ1) is 11.7. The summed E-state index contributed by atoms with van der Waals surface area (Å²) in [5, 5.41) is 8.98. The third-order valence-electron chi connectivity index (χ3n) is 4.06. The molecule has 6 nitrogen and oxygen atoms in total. The van der Waals surface area contributed by atoms with E-state index in [1.807, 2.05) is 19.9 Å². The quantitative estimate of drug-likeness (QED) is 0.779. The zero-order valence-electron chi connectivity index (χ0n) is 14.4. The van der Waals surface area contributed by atoms with E-state index in [2.05, 4.69) is 4.72 Å². The predicted molar refractivity (Wildman–Crippen MR) is 102 cm³/mol. The van der Waals surface area contributed by atoms with Gasteiger partial charge >= 0.3 is 0 Å². The maximum atomic E-state index is 12.8. The fraction of sp³-hybridized carbons (Fsp3) is 0.278. The Bertz CT molecular complexity index is 968. The number of nitrogens with one attached hydrogen (secondary N) is 1. The fourth-order valence-electron chi connectivity index (χ4n) is 2.97. The lowest BCUT2D eigenvalue weighted by Gasteiger charge is -2.37. The average molecular weight is 394 g/mol. The fourth-order valence-corrected chi connectivity index (χ4v) is 4.23. The summed E-state index contributed by atoms with van der Waals surface area (Å²) in [5.74, 6) is 0.615. The number of rotatable bonds is 3. The average Bonchev–Trinajstić information content (AvgIpc) is 2.54. The van der Waals surface area contributed by atoms with E-state index < -0.39 is 21.7 Å². The van der Waals surface area contributed by atoms with Crippen molar-refractivity contribution in [3.8, 4) is 11.8 Å². The molecule has 0 radical (unpaired) electrons. The Balaban J connectivity index is 0.00000243. The van der Waals surface area contributed by atoms with Gasteiger partial charge in [0.25, 0.3) is 0 Å². The molecular weight excluding hydrogens is 374 g/mol. The standard InChI is InChI=1S/C18H19N3O3S.ClH/c1-18(2)10-16(15-9-13(20)6-7-17(15)24-18)21-25(22,23)14-5-3-4-12(8-14)11-19;/h3-9,16,21H,10,20H2,1-2H3;1H. The molecule has 1 heterocycles. The molecule has 0 amide bonds. The van der Waals surface area contributed by atoms with Crippen LogP contribution in [0, 0.1) is 11.3 Å². The van der Waals surface area contributed by atoms with Crippen LogP contribution >= 0.6 is 12.4 Å². The molecule has 1 aliphatic heterocycles. The number of anilines is 1. The van der Waals surface area contributed by atoms with Crippen molar-refractivity contribution < 1.29 is 13.2 Å². The van der Waals surface area contributed by atoms with E-state index in [4.69, 9.17) is 15.7 Å². The summed E-state index contributed by atoms with van der Waals surface area (Å²) >= 11 is 0. The highest BCUT2D eigenvalue weighted by Gasteiger charge is 2.36. The van der Waals surface area contributed by atoms with Crippen molar-refractivity contribution in [2.75, 3.05) is 5.73 Å². The van der Waals surface area contributed by atoms with Gasteiger partial charge in [-0.2, -0.15) is 5.26 Å². The van der Waals surface area contributed by atoms with Crippen molar-refractivity contribution in [3.63, 3.8) is 0 Å². The minimum absolute atomic E-state index is 0. The van der Waals surface area contributed by atoms with Crippen LogP contribution in [0.2, 0.25) is 0 Å². The highest BCUT2D eigenvalue weighted by molar-refractivity contribution is 7.89. The number of nitrogens with two attached hydrogens (primary N) is 1. The number of sulfonamides is 1. The summed E-state index contributed by atoms with van der Waals surface area (Å²) in [4.78, 5) is 0.0568. The van der Waals surface area contributed by atoms with Crippen LogP contribution in [0.25, 0.3) is 0 Å². The minimum Gasteiger partial charge on any atom is -0.487 e. The number of hydrogen-bond donors (Lipinski definition) is 2. The molecule has 1 unspecified atom stereocenters. The summed E-state index contributed by atoms with van der Waals surface area (Å²) in [7, 11) is -3.80. The molecule has 0 spiro atoms. The van der Waals surface area contributed by atoms with E-state index in [-0.39, 0.29) is 17.3 Å². The first kappa shape index (κ1) is 20.0. The van der Waals surface area contributed by atoms with Crippen LogP contribution in [-0.4, -0.2) is 14.0 Å². The molecule has 0 saturated carbocycles. The molecule has 0 aromatic heterocycles. The third kappa shape index (κ3) is 4.10. The molecule has 0 aliphatic carbocycles. The highest BCUT2D eigenvalue weighted by Crippen LogP contribution is 2.41. The highest BCUT2D eigenvalue weighted by atomic mass is 35.5. The van der Waals surface area contributed by atoms with Gasteiger partial charge in [-0.1, -0.05) is 6.07 Å². The molecule has 2 aromatic rings. The van der Waals surface area contributed by atoms with E-state index >= 15 is 0 Å². The van der Waals surface area contributed by atoms with Gasteiger partial charge in [-0.25, -0.2) is 13.1 Å². The maximum Gasteiger partial charge on any atom is 0.241 e. The van der Waals surface area contributed by atoms with E-state index in [0.717, 1.165) is 0 Å². The number of nitrogen functional groups attached to an aromatic ring is 1. The van der Waals surface area contributed by atoms with Gasteiger partial charge in [0.1, 0.15) is 11.4 Å². The predicted octanol–water partition coefficient (Wildman–Crippen LogP) is 3.14. The van der Waals surface area contributed by atoms with Gasteiger partial charge in [0.05, 0.1) is 22.6 Å². The summed E-state index contributed by atoms with van der Waals surface area (Å²) in [6, 6.07) is 12.6. The smallest absolute Gasteiger partial charge is 0.241 e. The van der Waals surface area contributed by atoms with Crippen LogP contribution in [0.1, 0.15) is 37.4 Å². The number of ether oxygens (including phenoxy) is 1.